The molecule has 0 saturated carbocycles. The van der Waals surface area contributed by atoms with Crippen molar-refractivity contribution < 1.29 is 18.9 Å². The zero-order valence-corrected chi connectivity index (χ0v) is 23.0. The van der Waals surface area contributed by atoms with E-state index in [1.54, 1.807) is 0 Å². The van der Waals surface area contributed by atoms with E-state index in [0.717, 1.165) is 32.1 Å². The monoisotopic (exact) mass is 479 g/mol. The predicted octanol–water partition coefficient (Wildman–Crippen LogP) is 8.39. The second kappa shape index (κ2) is 27.3. The van der Waals surface area contributed by atoms with Crippen LogP contribution in [-0.4, -0.2) is 29.5 Å². The van der Waals surface area contributed by atoms with E-state index in [-0.39, 0.29) is 12.5 Å². The van der Waals surface area contributed by atoms with Gasteiger partial charge >= 0.3 is 7.82 Å². The lowest BCUT2D eigenvalue weighted by Gasteiger charge is -2.16. The van der Waals surface area contributed by atoms with Crippen molar-refractivity contribution in [2.75, 3.05) is 19.7 Å². The standard InChI is InChI=1S/C16H35N.C10H23O4P/c1-3-5-7-9-11-13-15-17-16-14-12-10-8-6-4-2;1-3-5-6-8-10(7-4-2)9-14-15(11,12)13/h17H,3-16H2,1-2H3;10H,3-9H2,1-2H3,(H2,11,12,13). The van der Waals surface area contributed by atoms with Crippen molar-refractivity contribution in [1.82, 2.24) is 5.32 Å². The maximum atomic E-state index is 10.5. The van der Waals surface area contributed by atoms with Gasteiger partial charge < -0.3 is 15.1 Å². The van der Waals surface area contributed by atoms with E-state index in [2.05, 4.69) is 37.5 Å². The second-order valence-corrected chi connectivity index (χ2v) is 10.5. The van der Waals surface area contributed by atoms with Crippen molar-refractivity contribution in [3.05, 3.63) is 0 Å². The molecular weight excluding hydrogens is 421 g/mol. The van der Waals surface area contributed by atoms with Crippen molar-refractivity contribution in [3.8, 4) is 0 Å². The molecule has 1 unspecified atom stereocenters. The van der Waals surface area contributed by atoms with Gasteiger partial charge in [0.1, 0.15) is 0 Å². The fourth-order valence-electron chi connectivity index (χ4n) is 3.79. The number of phosphoric ester groups is 1. The Balaban J connectivity index is 0. The molecule has 0 radical (unpaired) electrons. The zero-order valence-electron chi connectivity index (χ0n) is 22.1. The molecule has 0 aromatic carbocycles. The van der Waals surface area contributed by atoms with E-state index < -0.39 is 7.82 Å². The minimum atomic E-state index is -4.28. The van der Waals surface area contributed by atoms with Gasteiger partial charge in [-0.1, -0.05) is 118 Å². The average molecular weight is 480 g/mol. The summed E-state index contributed by atoms with van der Waals surface area (Å²) in [6.45, 7) is 11.4. The van der Waals surface area contributed by atoms with Gasteiger partial charge in [-0.05, 0) is 44.7 Å². The fraction of sp³-hybridized carbons (Fsp3) is 1.00. The molecule has 0 aromatic heterocycles. The van der Waals surface area contributed by atoms with Crippen LogP contribution in [0.2, 0.25) is 0 Å². The second-order valence-electron chi connectivity index (χ2n) is 9.22. The fourth-order valence-corrected chi connectivity index (χ4v) is 4.20. The summed E-state index contributed by atoms with van der Waals surface area (Å²) in [4.78, 5) is 17.2. The molecule has 0 aliphatic carbocycles. The molecule has 196 valence electrons. The van der Waals surface area contributed by atoms with Gasteiger partial charge in [-0.3, -0.25) is 4.52 Å². The molecule has 5 nitrogen and oxygen atoms in total. The smallest absolute Gasteiger partial charge is 0.317 e. The molecule has 0 fully saturated rings. The molecule has 3 N–H and O–H groups in total. The third-order valence-corrected chi connectivity index (χ3v) is 6.29. The lowest BCUT2D eigenvalue weighted by atomic mass is 9.98. The first kappa shape index (κ1) is 34.2. The Hall–Kier alpha value is 0.0700. The molecule has 6 heteroatoms. The van der Waals surface area contributed by atoms with Crippen LogP contribution in [-0.2, 0) is 9.09 Å². The highest BCUT2D eigenvalue weighted by molar-refractivity contribution is 7.46. The molecule has 0 amide bonds. The minimum absolute atomic E-state index is 0.182. The van der Waals surface area contributed by atoms with Gasteiger partial charge in [-0.25, -0.2) is 4.57 Å². The number of nitrogens with one attached hydrogen (secondary N) is 1. The summed E-state index contributed by atoms with van der Waals surface area (Å²) >= 11 is 0. The van der Waals surface area contributed by atoms with E-state index in [4.69, 9.17) is 9.79 Å². The normalized spacial score (nSPS) is 12.4. The molecule has 1 atom stereocenters. The molecule has 0 aliphatic rings. The highest BCUT2D eigenvalue weighted by atomic mass is 31.2. The summed E-state index contributed by atoms with van der Waals surface area (Å²) in [5, 5.41) is 3.57. The van der Waals surface area contributed by atoms with Gasteiger partial charge in [-0.15, -0.1) is 0 Å². The maximum Gasteiger partial charge on any atom is 0.469 e. The first-order valence-corrected chi connectivity index (χ1v) is 15.3. The number of hydrogen-bond donors (Lipinski definition) is 3. The van der Waals surface area contributed by atoms with Crippen LogP contribution >= 0.6 is 7.82 Å². The van der Waals surface area contributed by atoms with Crippen molar-refractivity contribution in [2.24, 2.45) is 5.92 Å². The highest BCUT2D eigenvalue weighted by Gasteiger charge is 2.17. The average Bonchev–Trinajstić information content (AvgIpc) is 2.75. The highest BCUT2D eigenvalue weighted by Crippen LogP contribution is 2.37. The number of unbranched alkanes of at least 4 members (excludes halogenated alkanes) is 12. The summed E-state index contributed by atoms with van der Waals surface area (Å²) in [6.07, 6.45) is 23.4. The van der Waals surface area contributed by atoms with E-state index in [1.807, 2.05) is 0 Å². The molecule has 0 aliphatic heterocycles. The quantitative estimate of drug-likeness (QED) is 0.101. The summed E-state index contributed by atoms with van der Waals surface area (Å²) < 4.78 is 15.1. The topological polar surface area (TPSA) is 78.8 Å². The van der Waals surface area contributed by atoms with Gasteiger partial charge in [0.25, 0.3) is 0 Å². The molecule has 32 heavy (non-hydrogen) atoms. The van der Waals surface area contributed by atoms with Crippen LogP contribution in [0.15, 0.2) is 0 Å². The van der Waals surface area contributed by atoms with Crippen molar-refractivity contribution >= 4 is 7.82 Å². The van der Waals surface area contributed by atoms with Crippen LogP contribution < -0.4 is 5.32 Å². The summed E-state index contributed by atoms with van der Waals surface area (Å²) in [5.41, 5.74) is 0. The third-order valence-electron chi connectivity index (χ3n) is 5.81. The lowest BCUT2D eigenvalue weighted by molar-refractivity contribution is 0.158. The molecule has 0 bridgehead atoms. The van der Waals surface area contributed by atoms with E-state index in [9.17, 15) is 4.57 Å². The minimum Gasteiger partial charge on any atom is -0.317 e. The predicted molar refractivity (Wildman–Crippen MR) is 140 cm³/mol. The Kier molecular flexibility index (Phi) is 29.2. The molecule has 0 spiro atoms. The van der Waals surface area contributed by atoms with Crippen LogP contribution in [0.1, 0.15) is 143 Å². The van der Waals surface area contributed by atoms with Gasteiger partial charge in [0, 0.05) is 0 Å². The summed E-state index contributed by atoms with van der Waals surface area (Å²) in [7, 11) is -4.28. The molecule has 0 aromatic rings. The summed E-state index contributed by atoms with van der Waals surface area (Å²) in [5.74, 6) is 0.286. The first-order valence-electron chi connectivity index (χ1n) is 13.8. The molecular formula is C26H58NO4P. The Morgan fingerprint density at radius 3 is 1.50 bits per heavy atom. The van der Waals surface area contributed by atoms with Gasteiger partial charge in [0.05, 0.1) is 6.61 Å². The Morgan fingerprint density at radius 1 is 0.625 bits per heavy atom. The first-order chi connectivity index (χ1) is 15.4. The van der Waals surface area contributed by atoms with Gasteiger partial charge in [-0.2, -0.15) is 0 Å². The summed E-state index contributed by atoms with van der Waals surface area (Å²) in [6, 6.07) is 0. The largest absolute Gasteiger partial charge is 0.469 e. The number of phosphoric acid groups is 1. The Bertz CT molecular complexity index is 376. The molecule has 0 rings (SSSR count). The van der Waals surface area contributed by atoms with Crippen LogP contribution in [0.25, 0.3) is 0 Å². The maximum absolute atomic E-state index is 10.5. The van der Waals surface area contributed by atoms with Crippen molar-refractivity contribution in [2.45, 2.75) is 143 Å². The zero-order chi connectivity index (χ0) is 24.3. The van der Waals surface area contributed by atoms with E-state index in [0.29, 0.717) is 0 Å². The van der Waals surface area contributed by atoms with Gasteiger partial charge in [0.15, 0.2) is 0 Å². The van der Waals surface area contributed by atoms with Crippen LogP contribution in [0.3, 0.4) is 0 Å². The van der Waals surface area contributed by atoms with E-state index >= 15 is 0 Å². The molecule has 0 heterocycles. The van der Waals surface area contributed by atoms with Crippen molar-refractivity contribution in [1.29, 1.82) is 0 Å². The lowest BCUT2D eigenvalue weighted by Crippen LogP contribution is -2.16. The Morgan fingerprint density at radius 2 is 1.06 bits per heavy atom. The van der Waals surface area contributed by atoms with E-state index in [1.165, 1.54) is 96.6 Å². The SMILES string of the molecule is CCCCCC(CCC)COP(=O)(O)O.CCCCCCCCNCCCCCCCC. The third kappa shape index (κ3) is 32.3. The number of hydrogen-bond acceptors (Lipinski definition) is 3. The number of rotatable bonds is 23. The van der Waals surface area contributed by atoms with Crippen molar-refractivity contribution in [3.63, 3.8) is 0 Å². The van der Waals surface area contributed by atoms with Gasteiger partial charge in [0.2, 0.25) is 0 Å². The van der Waals surface area contributed by atoms with Crippen LogP contribution in [0, 0.1) is 5.92 Å². The Labute approximate surface area is 201 Å². The molecule has 0 saturated heterocycles. The van der Waals surface area contributed by atoms with Crippen LogP contribution in [0.4, 0.5) is 0 Å². The van der Waals surface area contributed by atoms with Crippen LogP contribution in [0.5, 0.6) is 0 Å².